The van der Waals surface area contributed by atoms with Gasteiger partial charge in [0, 0.05) is 30.4 Å². The van der Waals surface area contributed by atoms with Crippen LogP contribution in [0.4, 0.5) is 27.5 Å². The summed E-state index contributed by atoms with van der Waals surface area (Å²) in [6.07, 6.45) is 2.19. The fraction of sp³-hybridized carbons (Fsp3) is 0.231. The predicted octanol–water partition coefficient (Wildman–Crippen LogP) is 5.20. The van der Waals surface area contributed by atoms with Crippen molar-refractivity contribution in [1.29, 1.82) is 0 Å². The summed E-state index contributed by atoms with van der Waals surface area (Å²) in [5.41, 5.74) is 3.14. The third-order valence-corrected chi connectivity index (χ3v) is 5.64. The standard InChI is InChI=1S/C26H28N4O4/c1-33-20-11-13-24(34-2)22(17-20)29-26(32)28-21-16-19(10-12-23(21)30-14-6-7-15-30)27-25(31)18-8-4-3-5-9-18/h3-5,8-13,16-17H,6-7,14-15H2,1-2H3,(H,27,31)(H2,28,29,32). The van der Waals surface area contributed by atoms with Crippen molar-refractivity contribution in [3.63, 3.8) is 0 Å². The maximum atomic E-state index is 12.9. The first-order chi connectivity index (χ1) is 16.6. The molecule has 1 aliphatic heterocycles. The van der Waals surface area contributed by atoms with Crippen molar-refractivity contribution in [3.05, 3.63) is 72.3 Å². The molecule has 1 aliphatic rings. The molecule has 176 valence electrons. The number of benzene rings is 3. The second-order valence-electron chi connectivity index (χ2n) is 7.89. The van der Waals surface area contributed by atoms with Gasteiger partial charge in [-0.25, -0.2) is 4.79 Å². The van der Waals surface area contributed by atoms with Gasteiger partial charge in [-0.1, -0.05) is 18.2 Å². The lowest BCUT2D eigenvalue weighted by molar-refractivity contribution is 0.102. The fourth-order valence-corrected chi connectivity index (χ4v) is 3.93. The van der Waals surface area contributed by atoms with Crippen LogP contribution in [0.1, 0.15) is 23.2 Å². The number of rotatable bonds is 7. The lowest BCUT2D eigenvalue weighted by atomic mass is 10.2. The largest absolute Gasteiger partial charge is 0.497 e. The average Bonchev–Trinajstić information content (AvgIpc) is 3.39. The highest BCUT2D eigenvalue weighted by Gasteiger charge is 2.19. The number of nitrogens with zero attached hydrogens (tertiary/aromatic N) is 1. The van der Waals surface area contributed by atoms with Crippen LogP contribution in [-0.2, 0) is 0 Å². The Morgan fingerprint density at radius 3 is 2.24 bits per heavy atom. The molecule has 0 saturated carbocycles. The van der Waals surface area contributed by atoms with E-state index in [-0.39, 0.29) is 5.91 Å². The van der Waals surface area contributed by atoms with Crippen LogP contribution >= 0.6 is 0 Å². The summed E-state index contributed by atoms with van der Waals surface area (Å²) >= 11 is 0. The van der Waals surface area contributed by atoms with E-state index in [0.717, 1.165) is 31.6 Å². The monoisotopic (exact) mass is 460 g/mol. The Labute approximate surface area is 198 Å². The number of anilines is 4. The summed E-state index contributed by atoms with van der Waals surface area (Å²) in [6, 6.07) is 19.3. The Hall–Kier alpha value is -4.20. The van der Waals surface area contributed by atoms with Crippen molar-refractivity contribution >= 4 is 34.7 Å². The minimum absolute atomic E-state index is 0.217. The fourth-order valence-electron chi connectivity index (χ4n) is 3.93. The third-order valence-electron chi connectivity index (χ3n) is 5.64. The van der Waals surface area contributed by atoms with Crippen molar-refractivity contribution in [2.45, 2.75) is 12.8 Å². The topological polar surface area (TPSA) is 91.9 Å². The average molecular weight is 461 g/mol. The van der Waals surface area contributed by atoms with E-state index in [2.05, 4.69) is 20.9 Å². The van der Waals surface area contributed by atoms with Gasteiger partial charge in [-0.2, -0.15) is 0 Å². The van der Waals surface area contributed by atoms with Crippen molar-refractivity contribution in [2.24, 2.45) is 0 Å². The molecule has 1 fully saturated rings. The number of hydrogen-bond acceptors (Lipinski definition) is 5. The summed E-state index contributed by atoms with van der Waals surface area (Å²) in [5.74, 6) is 0.894. The minimum atomic E-state index is -0.432. The van der Waals surface area contributed by atoms with Gasteiger partial charge in [0.15, 0.2) is 0 Å². The molecule has 0 bridgehead atoms. The van der Waals surface area contributed by atoms with Crippen molar-refractivity contribution in [1.82, 2.24) is 0 Å². The minimum Gasteiger partial charge on any atom is -0.497 e. The van der Waals surface area contributed by atoms with Crippen LogP contribution < -0.4 is 30.3 Å². The molecule has 34 heavy (non-hydrogen) atoms. The predicted molar refractivity (Wildman–Crippen MR) is 134 cm³/mol. The highest BCUT2D eigenvalue weighted by atomic mass is 16.5. The smallest absolute Gasteiger partial charge is 0.323 e. The van der Waals surface area contributed by atoms with Crippen LogP contribution in [-0.4, -0.2) is 39.2 Å². The maximum Gasteiger partial charge on any atom is 0.323 e. The molecular weight excluding hydrogens is 432 g/mol. The van der Waals surface area contributed by atoms with Crippen LogP contribution in [0.2, 0.25) is 0 Å². The Kier molecular flexibility index (Phi) is 7.17. The first-order valence-corrected chi connectivity index (χ1v) is 11.1. The number of urea groups is 1. The van der Waals surface area contributed by atoms with Gasteiger partial charge < -0.3 is 30.3 Å². The molecule has 3 aromatic rings. The number of ether oxygens (including phenoxy) is 2. The van der Waals surface area contributed by atoms with Crippen molar-refractivity contribution in [3.8, 4) is 11.5 Å². The van der Waals surface area contributed by atoms with Gasteiger partial charge in [0.2, 0.25) is 0 Å². The van der Waals surface area contributed by atoms with E-state index in [9.17, 15) is 9.59 Å². The van der Waals surface area contributed by atoms with Crippen LogP contribution in [0, 0.1) is 0 Å². The summed E-state index contributed by atoms with van der Waals surface area (Å²) in [4.78, 5) is 27.8. The molecule has 3 aromatic carbocycles. The molecule has 0 atom stereocenters. The molecule has 4 rings (SSSR count). The van der Waals surface area contributed by atoms with Crippen LogP contribution in [0.3, 0.4) is 0 Å². The molecule has 0 radical (unpaired) electrons. The molecule has 3 N–H and O–H groups in total. The lowest BCUT2D eigenvalue weighted by Gasteiger charge is -2.23. The second kappa shape index (κ2) is 10.6. The van der Waals surface area contributed by atoms with Crippen molar-refractivity contribution < 1.29 is 19.1 Å². The molecule has 8 nitrogen and oxygen atoms in total. The molecule has 8 heteroatoms. The third kappa shape index (κ3) is 5.40. The van der Waals surface area contributed by atoms with E-state index in [0.29, 0.717) is 34.1 Å². The molecule has 0 unspecified atom stereocenters. The first kappa shape index (κ1) is 23.0. The molecule has 0 aliphatic carbocycles. The van der Waals surface area contributed by atoms with Crippen LogP contribution in [0.25, 0.3) is 0 Å². The summed E-state index contributed by atoms with van der Waals surface area (Å²) in [7, 11) is 3.10. The highest BCUT2D eigenvalue weighted by Crippen LogP contribution is 2.33. The van der Waals surface area contributed by atoms with Crippen LogP contribution in [0.5, 0.6) is 11.5 Å². The molecular formula is C26H28N4O4. The van der Waals surface area contributed by atoms with Crippen LogP contribution in [0.15, 0.2) is 66.7 Å². The zero-order valence-corrected chi connectivity index (χ0v) is 19.3. The number of methoxy groups -OCH3 is 2. The zero-order chi connectivity index (χ0) is 23.9. The first-order valence-electron chi connectivity index (χ1n) is 11.1. The van der Waals surface area contributed by atoms with Gasteiger partial charge in [0.25, 0.3) is 5.91 Å². The number of amides is 3. The number of nitrogens with one attached hydrogen (secondary N) is 3. The Morgan fingerprint density at radius 1 is 0.794 bits per heavy atom. The van der Waals surface area contributed by atoms with Gasteiger partial charge in [-0.15, -0.1) is 0 Å². The second-order valence-corrected chi connectivity index (χ2v) is 7.89. The maximum absolute atomic E-state index is 12.9. The van der Waals surface area contributed by atoms with Crippen molar-refractivity contribution in [2.75, 3.05) is 48.2 Å². The van der Waals surface area contributed by atoms with Gasteiger partial charge in [-0.05, 0) is 55.3 Å². The number of hydrogen-bond donors (Lipinski definition) is 3. The van der Waals surface area contributed by atoms with Gasteiger partial charge in [-0.3, -0.25) is 4.79 Å². The normalized spacial score (nSPS) is 12.7. The summed E-state index contributed by atoms with van der Waals surface area (Å²) < 4.78 is 10.6. The zero-order valence-electron chi connectivity index (χ0n) is 19.3. The van der Waals surface area contributed by atoms with Gasteiger partial charge in [0.05, 0.1) is 31.3 Å². The van der Waals surface area contributed by atoms with E-state index < -0.39 is 6.03 Å². The SMILES string of the molecule is COc1ccc(OC)c(NC(=O)Nc2cc(NC(=O)c3ccccc3)ccc2N2CCCC2)c1. The molecule has 0 aromatic heterocycles. The molecule has 3 amide bonds. The molecule has 0 spiro atoms. The molecule has 1 saturated heterocycles. The van der Waals surface area contributed by atoms with E-state index in [1.54, 1.807) is 43.5 Å². The summed E-state index contributed by atoms with van der Waals surface area (Å²) in [5, 5.41) is 8.67. The van der Waals surface area contributed by atoms with E-state index >= 15 is 0 Å². The molecule has 1 heterocycles. The van der Waals surface area contributed by atoms with E-state index in [1.807, 2.05) is 30.3 Å². The lowest BCUT2D eigenvalue weighted by Crippen LogP contribution is -2.24. The summed E-state index contributed by atoms with van der Waals surface area (Å²) in [6.45, 7) is 1.82. The highest BCUT2D eigenvalue weighted by molar-refractivity contribution is 6.06. The van der Waals surface area contributed by atoms with E-state index in [4.69, 9.17) is 9.47 Å². The Balaban J connectivity index is 1.56. The number of carbonyl (C=O) groups is 2. The van der Waals surface area contributed by atoms with Gasteiger partial charge in [0.1, 0.15) is 11.5 Å². The van der Waals surface area contributed by atoms with E-state index in [1.165, 1.54) is 7.11 Å². The Morgan fingerprint density at radius 2 is 1.53 bits per heavy atom. The Bertz CT molecular complexity index is 1160. The quantitative estimate of drug-likeness (QED) is 0.451. The van der Waals surface area contributed by atoms with Gasteiger partial charge >= 0.3 is 6.03 Å². The number of carbonyl (C=O) groups excluding carboxylic acids is 2.